The van der Waals surface area contributed by atoms with Crippen LogP contribution < -0.4 is 10.6 Å². The Kier molecular flexibility index (Phi) is 9.09. The predicted molar refractivity (Wildman–Crippen MR) is 172 cm³/mol. The average molecular weight is 597 g/mol. The molecule has 2 N–H and O–H groups in total. The van der Waals surface area contributed by atoms with Gasteiger partial charge in [0.05, 0.1) is 0 Å². The summed E-state index contributed by atoms with van der Waals surface area (Å²) in [7, 11) is 0. The van der Waals surface area contributed by atoms with Gasteiger partial charge in [-0.1, -0.05) is 43.2 Å². The molecule has 2 amide bonds. The van der Waals surface area contributed by atoms with E-state index in [0.717, 1.165) is 90.1 Å². The molecule has 0 aliphatic heterocycles. The van der Waals surface area contributed by atoms with Crippen molar-refractivity contribution in [2.24, 2.45) is 11.3 Å². The summed E-state index contributed by atoms with van der Waals surface area (Å²) in [6.45, 7) is 14.9. The van der Waals surface area contributed by atoms with Crippen molar-refractivity contribution in [3.63, 3.8) is 0 Å². The van der Waals surface area contributed by atoms with Crippen molar-refractivity contribution in [2.75, 3.05) is 10.6 Å². The number of hydrogen-bond acceptors (Lipinski definition) is 6. The predicted octanol–water partition coefficient (Wildman–Crippen LogP) is 8.12. The highest BCUT2D eigenvalue weighted by Gasteiger charge is 2.34. The zero-order valence-corrected chi connectivity index (χ0v) is 27.0. The lowest BCUT2D eigenvalue weighted by atomic mass is 9.71. The van der Waals surface area contributed by atoms with Gasteiger partial charge in [-0.25, -0.2) is 0 Å². The van der Waals surface area contributed by atoms with Gasteiger partial charge < -0.3 is 19.7 Å². The summed E-state index contributed by atoms with van der Waals surface area (Å²) >= 11 is 0. The first-order valence-corrected chi connectivity index (χ1v) is 15.6. The third kappa shape index (κ3) is 6.95. The smallest absolute Gasteiger partial charge is 0.278 e. The Balaban J connectivity index is 0.000000177. The number of aryl methyl sites for hydroxylation is 6. The molecule has 2 aromatic carbocycles. The van der Waals surface area contributed by atoms with Crippen molar-refractivity contribution in [3.05, 3.63) is 92.7 Å². The summed E-state index contributed by atoms with van der Waals surface area (Å²) in [6, 6.07) is 11.8. The van der Waals surface area contributed by atoms with Crippen LogP contribution in [0.25, 0.3) is 0 Å². The zero-order chi connectivity index (χ0) is 31.6. The maximum Gasteiger partial charge on any atom is 0.278 e. The first kappa shape index (κ1) is 31.2. The second-order valence-electron chi connectivity index (χ2n) is 13.4. The molecule has 232 valence electrons. The number of anilines is 2. The third-order valence-corrected chi connectivity index (χ3v) is 9.17. The van der Waals surface area contributed by atoms with E-state index in [1.165, 1.54) is 11.1 Å². The lowest BCUT2D eigenvalue weighted by Crippen LogP contribution is -2.27. The molecular formula is C36H44N4O4. The SMILES string of the molecule is Cc1ccc(NC(=O)c2noc3c2CC(C(C)(C)C)CC3)cc1C.Cc1ccc(NC(=O)c2noc3c2CCCC3)cc1C. The molecule has 0 radical (unpaired) electrons. The summed E-state index contributed by atoms with van der Waals surface area (Å²) in [5.74, 6) is 1.93. The summed E-state index contributed by atoms with van der Waals surface area (Å²) in [6.07, 6.45) is 6.79. The lowest BCUT2D eigenvalue weighted by molar-refractivity contribution is 0.100. The Morgan fingerprint density at radius 2 is 1.20 bits per heavy atom. The van der Waals surface area contributed by atoms with Crippen molar-refractivity contribution in [3.8, 4) is 0 Å². The van der Waals surface area contributed by atoms with Crippen LogP contribution in [0.15, 0.2) is 45.4 Å². The van der Waals surface area contributed by atoms with Crippen LogP contribution in [0.4, 0.5) is 11.4 Å². The van der Waals surface area contributed by atoms with E-state index in [4.69, 9.17) is 9.05 Å². The minimum Gasteiger partial charge on any atom is -0.360 e. The maximum atomic E-state index is 12.7. The number of nitrogens with one attached hydrogen (secondary N) is 2. The van der Waals surface area contributed by atoms with E-state index < -0.39 is 0 Å². The van der Waals surface area contributed by atoms with Crippen LogP contribution in [0.2, 0.25) is 0 Å². The third-order valence-electron chi connectivity index (χ3n) is 9.17. The summed E-state index contributed by atoms with van der Waals surface area (Å²) in [5.41, 5.74) is 9.40. The molecule has 2 heterocycles. The van der Waals surface area contributed by atoms with E-state index in [9.17, 15) is 9.59 Å². The van der Waals surface area contributed by atoms with Gasteiger partial charge in [0.25, 0.3) is 11.8 Å². The van der Waals surface area contributed by atoms with Crippen molar-refractivity contribution >= 4 is 23.2 Å². The monoisotopic (exact) mass is 596 g/mol. The van der Waals surface area contributed by atoms with E-state index in [0.29, 0.717) is 17.3 Å². The first-order valence-electron chi connectivity index (χ1n) is 15.6. The number of nitrogens with zero attached hydrogens (tertiary/aromatic N) is 2. The molecular weight excluding hydrogens is 552 g/mol. The Hall–Kier alpha value is -4.20. The van der Waals surface area contributed by atoms with Crippen LogP contribution in [-0.2, 0) is 25.7 Å². The van der Waals surface area contributed by atoms with Gasteiger partial charge in [0, 0.05) is 35.3 Å². The van der Waals surface area contributed by atoms with Gasteiger partial charge in [-0.2, -0.15) is 0 Å². The molecule has 8 heteroatoms. The number of carbonyl (C=O) groups is 2. The highest BCUT2D eigenvalue weighted by atomic mass is 16.5. The maximum absolute atomic E-state index is 12.7. The van der Waals surface area contributed by atoms with Crippen molar-refractivity contribution < 1.29 is 18.6 Å². The quantitative estimate of drug-likeness (QED) is 0.246. The number of benzene rings is 2. The van der Waals surface area contributed by atoms with Gasteiger partial charge in [0.15, 0.2) is 11.4 Å². The van der Waals surface area contributed by atoms with Crippen LogP contribution in [-0.4, -0.2) is 22.1 Å². The topological polar surface area (TPSA) is 110 Å². The number of carbonyl (C=O) groups excluding carboxylic acids is 2. The Morgan fingerprint density at radius 1 is 0.705 bits per heavy atom. The van der Waals surface area contributed by atoms with Crippen LogP contribution in [0.5, 0.6) is 0 Å². The molecule has 2 aliphatic carbocycles. The van der Waals surface area contributed by atoms with E-state index in [-0.39, 0.29) is 17.2 Å². The van der Waals surface area contributed by atoms with Gasteiger partial charge in [0.2, 0.25) is 0 Å². The molecule has 0 saturated heterocycles. The highest BCUT2D eigenvalue weighted by molar-refractivity contribution is 6.04. The van der Waals surface area contributed by atoms with Crippen molar-refractivity contribution in [2.45, 2.75) is 93.4 Å². The number of hydrogen-bond donors (Lipinski definition) is 2. The second-order valence-corrected chi connectivity index (χ2v) is 13.4. The molecule has 0 bridgehead atoms. The molecule has 0 saturated carbocycles. The number of rotatable bonds is 4. The fourth-order valence-electron chi connectivity index (χ4n) is 5.90. The summed E-state index contributed by atoms with van der Waals surface area (Å²) in [5, 5.41) is 13.9. The fourth-order valence-corrected chi connectivity index (χ4v) is 5.90. The van der Waals surface area contributed by atoms with Gasteiger partial charge in [0.1, 0.15) is 11.5 Å². The first-order chi connectivity index (χ1) is 20.9. The Labute approximate surface area is 260 Å². The number of amides is 2. The summed E-state index contributed by atoms with van der Waals surface area (Å²) < 4.78 is 10.7. The zero-order valence-electron chi connectivity index (χ0n) is 27.0. The van der Waals surface area contributed by atoms with Gasteiger partial charge in [-0.05, 0) is 118 Å². The molecule has 1 unspecified atom stereocenters. The molecule has 2 aliphatic rings. The largest absolute Gasteiger partial charge is 0.360 e. The van der Waals surface area contributed by atoms with E-state index in [1.54, 1.807) is 0 Å². The van der Waals surface area contributed by atoms with Crippen LogP contribution in [0.1, 0.15) is 106 Å². The molecule has 0 spiro atoms. The van der Waals surface area contributed by atoms with Gasteiger partial charge >= 0.3 is 0 Å². The minimum atomic E-state index is -0.183. The van der Waals surface area contributed by atoms with Crippen LogP contribution in [0, 0.1) is 39.0 Å². The van der Waals surface area contributed by atoms with Crippen molar-refractivity contribution in [1.29, 1.82) is 0 Å². The molecule has 1 atom stereocenters. The van der Waals surface area contributed by atoms with Crippen LogP contribution in [0.3, 0.4) is 0 Å². The van der Waals surface area contributed by atoms with Gasteiger partial charge in [-0.3, -0.25) is 9.59 Å². The van der Waals surface area contributed by atoms with E-state index >= 15 is 0 Å². The second kappa shape index (κ2) is 12.8. The molecule has 6 rings (SSSR count). The molecule has 8 nitrogen and oxygen atoms in total. The fraction of sp³-hybridized carbons (Fsp3) is 0.444. The molecule has 4 aromatic rings. The van der Waals surface area contributed by atoms with Crippen LogP contribution >= 0.6 is 0 Å². The molecule has 44 heavy (non-hydrogen) atoms. The standard InChI is InChI=1S/C20H26N2O2.C16H18N2O2/c1-12-6-8-15(10-13(12)2)21-19(23)18-16-11-14(20(3,4)5)7-9-17(16)24-22-18;1-10-7-8-12(9-11(10)2)17-16(19)15-13-5-3-4-6-14(13)20-18-15/h6,8,10,14H,7,9,11H2,1-5H3,(H,21,23);7-9H,3-6H2,1-2H3,(H,17,19). The molecule has 2 aromatic heterocycles. The van der Waals surface area contributed by atoms with E-state index in [2.05, 4.69) is 55.6 Å². The molecule has 0 fully saturated rings. The Morgan fingerprint density at radius 3 is 1.73 bits per heavy atom. The minimum absolute atomic E-state index is 0.180. The average Bonchev–Trinajstić information content (AvgIpc) is 3.61. The van der Waals surface area contributed by atoms with Crippen molar-refractivity contribution in [1.82, 2.24) is 10.3 Å². The summed E-state index contributed by atoms with van der Waals surface area (Å²) in [4.78, 5) is 25.0. The number of aromatic nitrogens is 2. The normalized spacial score (nSPS) is 15.8. The Bertz CT molecular complexity index is 1670. The van der Waals surface area contributed by atoms with E-state index in [1.807, 2.05) is 50.2 Å². The highest BCUT2D eigenvalue weighted by Crippen LogP contribution is 2.38. The number of fused-ring (bicyclic) bond motifs is 2. The lowest BCUT2D eigenvalue weighted by Gasteiger charge is -2.33. The van der Waals surface area contributed by atoms with Gasteiger partial charge in [-0.15, -0.1) is 0 Å².